The highest BCUT2D eigenvalue weighted by Gasteiger charge is 2.19. The number of nitrogens with two attached hydrogens (primary N) is 1. The van der Waals surface area contributed by atoms with Crippen LogP contribution in [-0.4, -0.2) is 0 Å². The van der Waals surface area contributed by atoms with Gasteiger partial charge in [0.05, 0.1) is 6.04 Å². The van der Waals surface area contributed by atoms with Crippen LogP contribution in [0.3, 0.4) is 0 Å². The molecule has 1 unspecified atom stereocenters. The van der Waals surface area contributed by atoms with Crippen LogP contribution in [0.15, 0.2) is 36.4 Å². The van der Waals surface area contributed by atoms with Gasteiger partial charge in [0.15, 0.2) is 11.6 Å². The maximum Gasteiger partial charge on any atom is 0.163 e. The molecule has 2 rings (SSSR count). The molecule has 1 atom stereocenters. The van der Waals surface area contributed by atoms with Gasteiger partial charge < -0.3 is 0 Å². The van der Waals surface area contributed by atoms with Gasteiger partial charge >= 0.3 is 0 Å². The molecule has 0 saturated heterocycles. The van der Waals surface area contributed by atoms with Crippen LogP contribution in [0.2, 0.25) is 0 Å². The van der Waals surface area contributed by atoms with Gasteiger partial charge in [-0.2, -0.15) is 0 Å². The molecule has 0 saturated carbocycles. The molecule has 2 nitrogen and oxygen atoms in total. The fourth-order valence-electron chi connectivity index (χ4n) is 2.25. The first-order valence-electron chi connectivity index (χ1n) is 6.49. The second kappa shape index (κ2) is 6.11. The first kappa shape index (κ1) is 14.6. The fraction of sp³-hybridized carbons (Fsp3) is 0.250. The van der Waals surface area contributed by atoms with E-state index >= 15 is 0 Å². The molecule has 0 aromatic heterocycles. The summed E-state index contributed by atoms with van der Waals surface area (Å²) in [6.07, 6.45) is 0.503. The van der Waals surface area contributed by atoms with Gasteiger partial charge in [0.1, 0.15) is 0 Å². The van der Waals surface area contributed by atoms with E-state index in [1.54, 1.807) is 12.1 Å². The summed E-state index contributed by atoms with van der Waals surface area (Å²) in [5, 5.41) is 0. The monoisotopic (exact) mass is 276 g/mol. The van der Waals surface area contributed by atoms with Crippen LogP contribution in [0.5, 0.6) is 0 Å². The van der Waals surface area contributed by atoms with Crippen molar-refractivity contribution in [1.29, 1.82) is 0 Å². The van der Waals surface area contributed by atoms with Crippen LogP contribution in [0.4, 0.5) is 8.78 Å². The predicted molar refractivity (Wildman–Crippen MR) is 76.0 cm³/mol. The molecule has 106 valence electrons. The Morgan fingerprint density at radius 2 is 1.70 bits per heavy atom. The Labute approximate surface area is 117 Å². The van der Waals surface area contributed by atoms with Crippen LogP contribution in [0.25, 0.3) is 0 Å². The molecule has 0 aliphatic carbocycles. The molecular formula is C16H18F2N2. The minimum atomic E-state index is -0.832. The lowest BCUT2D eigenvalue weighted by molar-refractivity contribution is 0.460. The van der Waals surface area contributed by atoms with Crippen LogP contribution < -0.4 is 11.3 Å². The van der Waals surface area contributed by atoms with E-state index in [-0.39, 0.29) is 11.1 Å². The Morgan fingerprint density at radius 1 is 1.00 bits per heavy atom. The van der Waals surface area contributed by atoms with Gasteiger partial charge in [0, 0.05) is 5.56 Å². The van der Waals surface area contributed by atoms with Gasteiger partial charge in [-0.1, -0.05) is 36.4 Å². The molecule has 2 aromatic rings. The standard InChI is InChI=1S/C16H18F2N2/c1-10-5-3-4-6-12(10)9-14(20-19)13-8-7-11(2)15(17)16(13)18/h3-8,14,20H,9,19H2,1-2H3. The van der Waals surface area contributed by atoms with E-state index in [0.717, 1.165) is 11.1 Å². The largest absolute Gasteiger partial charge is 0.271 e. The highest BCUT2D eigenvalue weighted by molar-refractivity contribution is 5.32. The zero-order valence-electron chi connectivity index (χ0n) is 11.6. The van der Waals surface area contributed by atoms with Gasteiger partial charge in [-0.25, -0.2) is 8.78 Å². The minimum Gasteiger partial charge on any atom is -0.271 e. The Kier molecular flexibility index (Phi) is 4.47. The molecular weight excluding hydrogens is 258 g/mol. The average molecular weight is 276 g/mol. The minimum absolute atomic E-state index is 0.249. The quantitative estimate of drug-likeness (QED) is 0.664. The first-order valence-corrected chi connectivity index (χ1v) is 6.49. The lowest BCUT2D eigenvalue weighted by Crippen LogP contribution is -2.30. The van der Waals surface area contributed by atoms with Crippen molar-refractivity contribution >= 4 is 0 Å². The third kappa shape index (κ3) is 2.86. The Bertz CT molecular complexity index is 611. The number of halogens is 2. The topological polar surface area (TPSA) is 38.0 Å². The summed E-state index contributed by atoms with van der Waals surface area (Å²) in [5.41, 5.74) is 5.26. The summed E-state index contributed by atoms with van der Waals surface area (Å²) < 4.78 is 27.7. The summed E-state index contributed by atoms with van der Waals surface area (Å²) in [4.78, 5) is 0. The molecule has 3 N–H and O–H groups in total. The van der Waals surface area contributed by atoms with Gasteiger partial charge in [0.25, 0.3) is 0 Å². The van der Waals surface area contributed by atoms with E-state index in [9.17, 15) is 8.78 Å². The van der Waals surface area contributed by atoms with Crippen molar-refractivity contribution in [3.8, 4) is 0 Å². The van der Waals surface area contributed by atoms with Crippen molar-refractivity contribution in [2.24, 2.45) is 5.84 Å². The number of nitrogens with one attached hydrogen (secondary N) is 1. The zero-order chi connectivity index (χ0) is 14.7. The van der Waals surface area contributed by atoms with Crippen LogP contribution in [0, 0.1) is 25.5 Å². The number of hydrazine groups is 1. The molecule has 0 heterocycles. The van der Waals surface area contributed by atoms with Crippen molar-refractivity contribution in [2.75, 3.05) is 0 Å². The molecule has 0 aliphatic rings. The lowest BCUT2D eigenvalue weighted by atomic mass is 9.95. The molecule has 20 heavy (non-hydrogen) atoms. The van der Waals surface area contributed by atoms with E-state index in [0.29, 0.717) is 6.42 Å². The number of rotatable bonds is 4. The van der Waals surface area contributed by atoms with Crippen LogP contribution >= 0.6 is 0 Å². The maximum absolute atomic E-state index is 14.0. The number of aryl methyl sites for hydroxylation is 2. The summed E-state index contributed by atoms with van der Waals surface area (Å²) in [6, 6.07) is 10.5. The van der Waals surface area contributed by atoms with Crippen molar-refractivity contribution < 1.29 is 8.78 Å². The highest BCUT2D eigenvalue weighted by atomic mass is 19.2. The SMILES string of the molecule is Cc1ccccc1CC(NN)c1ccc(C)c(F)c1F. The number of hydrogen-bond donors (Lipinski definition) is 2. The van der Waals surface area contributed by atoms with Gasteiger partial charge in [-0.3, -0.25) is 11.3 Å². The Hall–Kier alpha value is -1.78. The van der Waals surface area contributed by atoms with Crippen LogP contribution in [-0.2, 0) is 6.42 Å². The Balaban J connectivity index is 2.34. The normalized spacial score (nSPS) is 12.4. The second-order valence-electron chi connectivity index (χ2n) is 4.95. The smallest absolute Gasteiger partial charge is 0.163 e. The summed E-state index contributed by atoms with van der Waals surface area (Å²) >= 11 is 0. The van der Waals surface area contributed by atoms with Crippen molar-refractivity contribution in [3.05, 3.63) is 70.3 Å². The molecule has 0 spiro atoms. The van der Waals surface area contributed by atoms with E-state index < -0.39 is 17.7 Å². The molecule has 0 bridgehead atoms. The zero-order valence-corrected chi connectivity index (χ0v) is 11.6. The Morgan fingerprint density at radius 3 is 2.35 bits per heavy atom. The molecule has 2 aromatic carbocycles. The van der Waals surface area contributed by atoms with Crippen molar-refractivity contribution in [2.45, 2.75) is 26.3 Å². The van der Waals surface area contributed by atoms with Gasteiger partial charge in [0.2, 0.25) is 0 Å². The third-order valence-corrected chi connectivity index (χ3v) is 3.57. The van der Waals surface area contributed by atoms with Crippen molar-refractivity contribution in [3.63, 3.8) is 0 Å². The third-order valence-electron chi connectivity index (χ3n) is 3.57. The van der Waals surface area contributed by atoms with E-state index in [2.05, 4.69) is 5.43 Å². The molecule has 0 amide bonds. The summed E-state index contributed by atoms with van der Waals surface area (Å²) in [7, 11) is 0. The molecule has 0 radical (unpaired) electrons. The van der Waals surface area contributed by atoms with E-state index in [1.165, 1.54) is 6.92 Å². The molecule has 4 heteroatoms. The first-order chi connectivity index (χ1) is 9.54. The average Bonchev–Trinajstić information content (AvgIpc) is 2.45. The maximum atomic E-state index is 14.0. The number of benzene rings is 2. The fourth-order valence-corrected chi connectivity index (χ4v) is 2.25. The molecule has 0 aliphatic heterocycles. The lowest BCUT2D eigenvalue weighted by Gasteiger charge is -2.19. The summed E-state index contributed by atoms with van der Waals surface area (Å²) in [5.74, 6) is 3.88. The van der Waals surface area contributed by atoms with Crippen molar-refractivity contribution in [1.82, 2.24) is 5.43 Å². The van der Waals surface area contributed by atoms with Gasteiger partial charge in [-0.15, -0.1) is 0 Å². The second-order valence-corrected chi connectivity index (χ2v) is 4.95. The number of hydrogen-bond acceptors (Lipinski definition) is 2. The van der Waals surface area contributed by atoms with E-state index in [1.807, 2.05) is 31.2 Å². The molecule has 0 fully saturated rings. The highest BCUT2D eigenvalue weighted by Crippen LogP contribution is 2.25. The predicted octanol–water partition coefficient (Wildman–Crippen LogP) is 3.33. The van der Waals surface area contributed by atoms with Crippen LogP contribution in [0.1, 0.15) is 28.3 Å². The summed E-state index contributed by atoms with van der Waals surface area (Å²) in [6.45, 7) is 3.52. The van der Waals surface area contributed by atoms with E-state index in [4.69, 9.17) is 5.84 Å². The van der Waals surface area contributed by atoms with Gasteiger partial charge in [-0.05, 0) is 37.0 Å².